The molecule has 1 rings (SSSR count). The van der Waals surface area contributed by atoms with Crippen molar-refractivity contribution in [1.82, 2.24) is 9.80 Å². The zero-order valence-corrected chi connectivity index (χ0v) is 11.8. The van der Waals surface area contributed by atoms with Crippen LogP contribution in [0.4, 0.5) is 0 Å². The summed E-state index contributed by atoms with van der Waals surface area (Å²) in [4.78, 5) is 16.1. The Bertz CT molecular complexity index is 256. The van der Waals surface area contributed by atoms with Crippen molar-refractivity contribution in [1.29, 1.82) is 0 Å². The third-order valence-corrected chi connectivity index (χ3v) is 3.65. The smallest absolute Gasteiger partial charge is 0.307 e. The molecule has 1 saturated heterocycles. The molecule has 0 spiro atoms. The minimum absolute atomic E-state index is 0.0824. The summed E-state index contributed by atoms with van der Waals surface area (Å²) in [5, 5.41) is 0. The van der Waals surface area contributed by atoms with Gasteiger partial charge in [-0.1, -0.05) is 6.92 Å². The molecule has 3 unspecified atom stereocenters. The number of carbonyl (C=O) groups is 1. The topological polar surface area (TPSA) is 32.8 Å². The van der Waals surface area contributed by atoms with Crippen LogP contribution in [0.1, 0.15) is 27.2 Å². The summed E-state index contributed by atoms with van der Waals surface area (Å²) in [6.45, 7) is 8.84. The van der Waals surface area contributed by atoms with Crippen molar-refractivity contribution in [3.63, 3.8) is 0 Å². The van der Waals surface area contributed by atoms with Gasteiger partial charge < -0.3 is 9.64 Å². The Kier molecular flexibility index (Phi) is 5.40. The van der Waals surface area contributed by atoms with Gasteiger partial charge in [-0.3, -0.25) is 9.69 Å². The lowest BCUT2D eigenvalue weighted by atomic mass is 10.1. The zero-order chi connectivity index (χ0) is 13.0. The monoisotopic (exact) mass is 242 g/mol. The van der Waals surface area contributed by atoms with Crippen molar-refractivity contribution < 1.29 is 9.53 Å². The highest BCUT2D eigenvalue weighted by Crippen LogP contribution is 2.23. The number of hydrogen-bond donors (Lipinski definition) is 0. The van der Waals surface area contributed by atoms with E-state index in [0.29, 0.717) is 25.0 Å². The molecule has 100 valence electrons. The van der Waals surface area contributed by atoms with Gasteiger partial charge in [-0.2, -0.15) is 0 Å². The highest BCUT2D eigenvalue weighted by molar-refractivity contribution is 5.70. The summed E-state index contributed by atoms with van der Waals surface area (Å²) in [6, 6.07) is 0.876. The number of rotatable bonds is 5. The number of likely N-dealkylation sites (tertiary alicyclic amines) is 1. The third-order valence-electron chi connectivity index (χ3n) is 3.65. The molecular formula is C13H26N2O2. The van der Waals surface area contributed by atoms with Gasteiger partial charge in [0.1, 0.15) is 0 Å². The van der Waals surface area contributed by atoms with E-state index in [-0.39, 0.29) is 12.0 Å². The van der Waals surface area contributed by atoms with E-state index in [0.717, 1.165) is 13.1 Å². The van der Waals surface area contributed by atoms with Gasteiger partial charge in [0.05, 0.1) is 13.0 Å². The van der Waals surface area contributed by atoms with Crippen molar-refractivity contribution >= 4 is 5.97 Å². The minimum Gasteiger partial charge on any atom is -0.466 e. The summed E-state index contributed by atoms with van der Waals surface area (Å²) < 4.78 is 5.00. The minimum atomic E-state index is -0.0824. The fraction of sp³-hybridized carbons (Fsp3) is 0.923. The standard InChI is InChI=1S/C13H26N2O2/c1-6-17-13(16)7-11(3)15-8-10(2)12(9-15)14(4)5/h10-12H,6-9H2,1-5H3. The van der Waals surface area contributed by atoms with E-state index >= 15 is 0 Å². The van der Waals surface area contributed by atoms with Gasteiger partial charge in [-0.05, 0) is 33.9 Å². The molecule has 3 atom stereocenters. The summed E-state index contributed by atoms with van der Waals surface area (Å²) in [7, 11) is 4.25. The van der Waals surface area contributed by atoms with Crippen LogP contribution in [-0.4, -0.2) is 61.6 Å². The van der Waals surface area contributed by atoms with Gasteiger partial charge in [0.2, 0.25) is 0 Å². The van der Waals surface area contributed by atoms with Crippen molar-refractivity contribution in [2.24, 2.45) is 5.92 Å². The molecule has 17 heavy (non-hydrogen) atoms. The van der Waals surface area contributed by atoms with E-state index in [2.05, 4.69) is 37.7 Å². The molecule has 1 aliphatic rings. The lowest BCUT2D eigenvalue weighted by molar-refractivity contribution is -0.144. The maximum absolute atomic E-state index is 11.4. The van der Waals surface area contributed by atoms with E-state index in [4.69, 9.17) is 4.74 Å². The molecule has 1 aliphatic heterocycles. The Hall–Kier alpha value is -0.610. The average molecular weight is 242 g/mol. The quantitative estimate of drug-likeness (QED) is 0.678. The molecule has 0 radical (unpaired) electrons. The van der Waals surface area contributed by atoms with Crippen LogP contribution < -0.4 is 0 Å². The maximum atomic E-state index is 11.4. The van der Waals surface area contributed by atoms with E-state index < -0.39 is 0 Å². The second-order valence-corrected chi connectivity index (χ2v) is 5.32. The number of likely N-dealkylation sites (N-methyl/N-ethyl adjacent to an activating group) is 1. The van der Waals surface area contributed by atoms with Crippen molar-refractivity contribution in [3.8, 4) is 0 Å². The highest BCUT2D eigenvalue weighted by atomic mass is 16.5. The molecule has 1 heterocycles. The first-order valence-corrected chi connectivity index (χ1v) is 6.51. The van der Waals surface area contributed by atoms with Crippen LogP contribution in [0.3, 0.4) is 0 Å². The van der Waals surface area contributed by atoms with Crippen molar-refractivity contribution in [2.75, 3.05) is 33.8 Å². The normalized spacial score (nSPS) is 27.4. The Balaban J connectivity index is 2.44. The molecule has 0 bridgehead atoms. The van der Waals surface area contributed by atoms with Gasteiger partial charge in [0.25, 0.3) is 0 Å². The number of hydrogen-bond acceptors (Lipinski definition) is 4. The number of ether oxygens (including phenoxy) is 1. The SMILES string of the molecule is CCOC(=O)CC(C)N1CC(C)C(N(C)C)C1. The predicted octanol–water partition coefficient (Wildman–Crippen LogP) is 1.21. The first-order valence-electron chi connectivity index (χ1n) is 6.51. The third kappa shape index (κ3) is 3.96. The Labute approximate surface area is 105 Å². The Morgan fingerprint density at radius 3 is 2.59 bits per heavy atom. The second-order valence-electron chi connectivity index (χ2n) is 5.32. The molecule has 0 amide bonds. The average Bonchev–Trinajstić information content (AvgIpc) is 2.60. The fourth-order valence-electron chi connectivity index (χ4n) is 2.61. The first-order chi connectivity index (χ1) is 7.95. The highest BCUT2D eigenvalue weighted by Gasteiger charge is 2.33. The summed E-state index contributed by atoms with van der Waals surface area (Å²) in [6.07, 6.45) is 0.501. The first kappa shape index (κ1) is 14.5. The fourth-order valence-corrected chi connectivity index (χ4v) is 2.61. The van der Waals surface area contributed by atoms with Crippen LogP contribution in [0.15, 0.2) is 0 Å². The van der Waals surface area contributed by atoms with Crippen molar-refractivity contribution in [2.45, 2.75) is 39.3 Å². The molecule has 0 saturated carbocycles. The van der Waals surface area contributed by atoms with Crippen LogP contribution in [0.2, 0.25) is 0 Å². The van der Waals surface area contributed by atoms with Crippen LogP contribution in [0.5, 0.6) is 0 Å². The summed E-state index contributed by atoms with van der Waals surface area (Å²) in [5.41, 5.74) is 0. The largest absolute Gasteiger partial charge is 0.466 e. The van der Waals surface area contributed by atoms with Crippen LogP contribution in [-0.2, 0) is 9.53 Å². The van der Waals surface area contributed by atoms with E-state index in [1.807, 2.05) is 6.92 Å². The molecule has 4 heteroatoms. The molecule has 0 aliphatic carbocycles. The van der Waals surface area contributed by atoms with Crippen LogP contribution in [0, 0.1) is 5.92 Å². The number of esters is 1. The molecule has 4 nitrogen and oxygen atoms in total. The van der Waals surface area contributed by atoms with Gasteiger partial charge in [-0.15, -0.1) is 0 Å². The summed E-state index contributed by atoms with van der Waals surface area (Å²) in [5.74, 6) is 0.579. The van der Waals surface area contributed by atoms with E-state index in [9.17, 15) is 4.79 Å². The molecule has 0 aromatic rings. The lowest BCUT2D eigenvalue weighted by Gasteiger charge is -2.25. The zero-order valence-electron chi connectivity index (χ0n) is 11.8. The van der Waals surface area contributed by atoms with Crippen LogP contribution in [0.25, 0.3) is 0 Å². The second kappa shape index (κ2) is 6.36. The van der Waals surface area contributed by atoms with Gasteiger partial charge in [0.15, 0.2) is 0 Å². The Morgan fingerprint density at radius 1 is 1.47 bits per heavy atom. The molecule has 0 aromatic carbocycles. The molecule has 0 aromatic heterocycles. The molecule has 0 N–H and O–H groups in total. The van der Waals surface area contributed by atoms with Gasteiger partial charge in [-0.25, -0.2) is 0 Å². The molecule has 1 fully saturated rings. The lowest BCUT2D eigenvalue weighted by Crippen LogP contribution is -2.37. The Morgan fingerprint density at radius 2 is 2.12 bits per heavy atom. The van der Waals surface area contributed by atoms with Crippen molar-refractivity contribution in [3.05, 3.63) is 0 Å². The number of carbonyl (C=O) groups excluding carboxylic acids is 1. The summed E-state index contributed by atoms with van der Waals surface area (Å²) >= 11 is 0. The van der Waals surface area contributed by atoms with Gasteiger partial charge >= 0.3 is 5.97 Å². The van der Waals surface area contributed by atoms with Crippen LogP contribution >= 0.6 is 0 Å². The van der Waals surface area contributed by atoms with E-state index in [1.54, 1.807) is 0 Å². The van der Waals surface area contributed by atoms with Gasteiger partial charge in [0, 0.05) is 25.2 Å². The predicted molar refractivity (Wildman–Crippen MR) is 68.9 cm³/mol. The number of nitrogens with zero attached hydrogens (tertiary/aromatic N) is 2. The molecular weight excluding hydrogens is 216 g/mol. The maximum Gasteiger partial charge on any atom is 0.307 e. The van der Waals surface area contributed by atoms with E-state index in [1.165, 1.54) is 0 Å².